The van der Waals surface area contributed by atoms with Gasteiger partial charge in [0.15, 0.2) is 0 Å². The molecule has 4 aromatic rings. The number of amides is 2. The molecule has 3 aromatic carbocycles. The minimum Gasteiger partial charge on any atom is -0.496 e. The molecule has 226 valence electrons. The molecule has 0 bridgehead atoms. The Bertz CT molecular complexity index is 1800. The SMILES string of the molecule is COc1ccccc1CCN(C(=O)c1cc2ccccc2oc1=O)[C@@H]1C=C(C(=O)NCCO)[C@@H]2c3ccccc3O[C@@H]2[C@H]1O. The summed E-state index contributed by atoms with van der Waals surface area (Å²) in [6.45, 7) is -0.162. The van der Waals surface area contributed by atoms with Crippen molar-refractivity contribution in [2.75, 3.05) is 26.8 Å². The molecule has 2 heterocycles. The quantitative estimate of drug-likeness (QED) is 0.251. The third-order valence-electron chi connectivity index (χ3n) is 8.18. The predicted molar refractivity (Wildman–Crippen MR) is 162 cm³/mol. The van der Waals surface area contributed by atoms with Crippen LogP contribution in [0.3, 0.4) is 0 Å². The molecule has 0 saturated carbocycles. The molecule has 44 heavy (non-hydrogen) atoms. The minimum atomic E-state index is -1.25. The maximum atomic E-state index is 14.3. The third kappa shape index (κ3) is 5.34. The number of hydrogen-bond donors (Lipinski definition) is 3. The summed E-state index contributed by atoms with van der Waals surface area (Å²) < 4.78 is 17.2. The molecule has 0 saturated heterocycles. The number of aliphatic hydroxyl groups excluding tert-OH is 2. The van der Waals surface area contributed by atoms with Gasteiger partial charge in [0, 0.05) is 29.6 Å². The van der Waals surface area contributed by atoms with Gasteiger partial charge in [-0.2, -0.15) is 0 Å². The van der Waals surface area contributed by atoms with E-state index in [9.17, 15) is 24.6 Å². The molecule has 6 rings (SSSR count). The number of fused-ring (bicyclic) bond motifs is 4. The lowest BCUT2D eigenvalue weighted by atomic mass is 9.77. The number of benzene rings is 3. The van der Waals surface area contributed by atoms with Crippen molar-refractivity contribution in [1.29, 1.82) is 0 Å². The highest BCUT2D eigenvalue weighted by Gasteiger charge is 2.50. The molecule has 2 amide bonds. The summed E-state index contributed by atoms with van der Waals surface area (Å²) in [5.74, 6) is -0.556. The lowest BCUT2D eigenvalue weighted by molar-refractivity contribution is -0.118. The monoisotopic (exact) mass is 596 g/mol. The predicted octanol–water partition coefficient (Wildman–Crippen LogP) is 2.81. The molecule has 1 aliphatic heterocycles. The maximum Gasteiger partial charge on any atom is 0.349 e. The molecule has 2 aliphatic rings. The lowest BCUT2D eigenvalue weighted by Gasteiger charge is -2.40. The Kier molecular flexibility index (Phi) is 8.19. The zero-order chi connectivity index (χ0) is 30.8. The van der Waals surface area contributed by atoms with Crippen LogP contribution in [0.5, 0.6) is 11.5 Å². The molecule has 0 spiro atoms. The standard InChI is InChI=1S/C34H32N2O8/c1-42-26-11-5-2-8-20(26)14-16-36(33(40)24-18-21-9-3-6-12-27(21)44-34(24)41)25-19-23(32(39)35-15-17-37)29-22-10-4-7-13-28(22)43-31(29)30(25)38/h2-13,18-19,25,29-31,37-38H,14-17H2,1H3,(H,35,39)/t25-,29+,30+,31+/m1/s1. The van der Waals surface area contributed by atoms with Gasteiger partial charge in [0.25, 0.3) is 5.91 Å². The van der Waals surface area contributed by atoms with Gasteiger partial charge in [0.1, 0.15) is 34.9 Å². The van der Waals surface area contributed by atoms with E-state index in [-0.39, 0.29) is 25.3 Å². The lowest BCUT2D eigenvalue weighted by Crippen LogP contribution is -2.56. The first-order chi connectivity index (χ1) is 21.4. The molecule has 1 aliphatic carbocycles. The van der Waals surface area contributed by atoms with Gasteiger partial charge in [-0.1, -0.05) is 54.6 Å². The zero-order valence-electron chi connectivity index (χ0n) is 24.0. The van der Waals surface area contributed by atoms with Crippen LogP contribution < -0.4 is 20.4 Å². The largest absolute Gasteiger partial charge is 0.496 e. The Hall–Kier alpha value is -4.93. The number of rotatable bonds is 9. The first kappa shape index (κ1) is 29.2. The molecule has 1 aromatic heterocycles. The molecule has 0 fully saturated rings. The molecular formula is C34H32N2O8. The second-order valence-corrected chi connectivity index (χ2v) is 10.7. The van der Waals surface area contributed by atoms with Gasteiger partial charge in [-0.25, -0.2) is 4.79 Å². The third-order valence-corrected chi connectivity index (χ3v) is 8.18. The normalized spacial score (nSPS) is 20.2. The first-order valence-electron chi connectivity index (χ1n) is 14.4. The number of carbonyl (C=O) groups is 2. The average Bonchev–Trinajstić information content (AvgIpc) is 3.44. The van der Waals surface area contributed by atoms with Crippen molar-refractivity contribution in [2.45, 2.75) is 30.6 Å². The van der Waals surface area contributed by atoms with Crippen LogP contribution in [0, 0.1) is 0 Å². The minimum absolute atomic E-state index is 0.0257. The van der Waals surface area contributed by atoms with Crippen LogP contribution in [0.2, 0.25) is 0 Å². The summed E-state index contributed by atoms with van der Waals surface area (Å²) >= 11 is 0. The van der Waals surface area contributed by atoms with E-state index in [1.165, 1.54) is 11.0 Å². The van der Waals surface area contributed by atoms with Crippen LogP contribution in [0.25, 0.3) is 11.0 Å². The van der Waals surface area contributed by atoms with Crippen molar-refractivity contribution >= 4 is 22.8 Å². The number of carbonyl (C=O) groups excluding carboxylic acids is 2. The van der Waals surface area contributed by atoms with Crippen LogP contribution >= 0.6 is 0 Å². The summed E-state index contributed by atoms with van der Waals surface area (Å²) in [4.78, 5) is 42.3. The van der Waals surface area contributed by atoms with Crippen molar-refractivity contribution < 1.29 is 33.7 Å². The zero-order valence-corrected chi connectivity index (χ0v) is 24.0. The van der Waals surface area contributed by atoms with Crippen LogP contribution in [0.15, 0.2) is 99.7 Å². The Labute approximate surface area is 253 Å². The van der Waals surface area contributed by atoms with E-state index in [0.29, 0.717) is 34.5 Å². The van der Waals surface area contributed by atoms with Gasteiger partial charge in [0.05, 0.1) is 25.7 Å². The highest BCUT2D eigenvalue weighted by Crippen LogP contribution is 2.47. The van der Waals surface area contributed by atoms with Crippen LogP contribution in [-0.2, 0) is 11.2 Å². The van der Waals surface area contributed by atoms with Gasteiger partial charge in [-0.15, -0.1) is 0 Å². The maximum absolute atomic E-state index is 14.3. The number of hydrogen-bond acceptors (Lipinski definition) is 8. The van der Waals surface area contributed by atoms with Crippen molar-refractivity contribution in [3.05, 3.63) is 118 Å². The molecule has 10 heteroatoms. The van der Waals surface area contributed by atoms with Crippen LogP contribution in [0.4, 0.5) is 0 Å². The Morgan fingerprint density at radius 2 is 1.77 bits per heavy atom. The van der Waals surface area contributed by atoms with Crippen molar-refractivity contribution in [3.8, 4) is 11.5 Å². The molecule has 0 radical (unpaired) electrons. The van der Waals surface area contributed by atoms with Gasteiger partial charge < -0.3 is 34.3 Å². The fraction of sp³-hybridized carbons (Fsp3) is 0.265. The van der Waals surface area contributed by atoms with E-state index >= 15 is 0 Å². The molecule has 3 N–H and O–H groups in total. The summed E-state index contributed by atoms with van der Waals surface area (Å²) in [5, 5.41) is 24.5. The van der Waals surface area contributed by atoms with Gasteiger partial charge in [-0.3, -0.25) is 9.59 Å². The molecular weight excluding hydrogens is 564 g/mol. The van der Waals surface area contributed by atoms with Gasteiger partial charge in [-0.05, 0) is 42.3 Å². The van der Waals surface area contributed by atoms with E-state index in [1.807, 2.05) is 36.4 Å². The Morgan fingerprint density at radius 1 is 1.02 bits per heavy atom. The summed E-state index contributed by atoms with van der Waals surface area (Å²) in [5.41, 5.74) is 1.18. The van der Waals surface area contributed by atoms with Gasteiger partial charge in [0.2, 0.25) is 5.91 Å². The van der Waals surface area contributed by atoms with Crippen molar-refractivity contribution in [2.24, 2.45) is 0 Å². The second kappa shape index (κ2) is 12.4. The van der Waals surface area contributed by atoms with Crippen molar-refractivity contribution in [1.82, 2.24) is 10.2 Å². The second-order valence-electron chi connectivity index (χ2n) is 10.7. The van der Waals surface area contributed by atoms with Crippen molar-refractivity contribution in [3.63, 3.8) is 0 Å². The van der Waals surface area contributed by atoms with Gasteiger partial charge >= 0.3 is 5.63 Å². The van der Waals surface area contributed by atoms with E-state index in [2.05, 4.69) is 5.32 Å². The smallest absolute Gasteiger partial charge is 0.349 e. The van der Waals surface area contributed by atoms with E-state index in [1.54, 1.807) is 49.6 Å². The fourth-order valence-electron chi connectivity index (χ4n) is 6.09. The summed E-state index contributed by atoms with van der Waals surface area (Å²) in [6, 6.07) is 21.9. The first-order valence-corrected chi connectivity index (χ1v) is 14.4. The van der Waals surface area contributed by atoms with Crippen LogP contribution in [-0.4, -0.2) is 72.0 Å². The number of nitrogens with zero attached hydrogens (tertiary/aromatic N) is 1. The molecule has 10 nitrogen and oxygen atoms in total. The van der Waals surface area contributed by atoms with Crippen LogP contribution in [0.1, 0.15) is 27.4 Å². The summed E-state index contributed by atoms with van der Waals surface area (Å²) in [7, 11) is 1.56. The summed E-state index contributed by atoms with van der Waals surface area (Å²) in [6.07, 6.45) is -0.234. The molecule has 0 unspecified atom stereocenters. The molecule has 4 atom stereocenters. The highest BCUT2D eigenvalue weighted by molar-refractivity contribution is 5.98. The van der Waals surface area contributed by atoms with E-state index < -0.39 is 41.6 Å². The average molecular weight is 597 g/mol. The topological polar surface area (TPSA) is 139 Å². The van der Waals surface area contributed by atoms with E-state index in [0.717, 1.165) is 11.1 Å². The number of methoxy groups -OCH3 is 1. The number of para-hydroxylation sites is 3. The Balaban J connectivity index is 1.45. The number of ether oxygens (including phenoxy) is 2. The number of aliphatic hydroxyl groups is 2. The Morgan fingerprint density at radius 3 is 2.59 bits per heavy atom. The highest BCUT2D eigenvalue weighted by atomic mass is 16.5. The van der Waals surface area contributed by atoms with E-state index in [4.69, 9.17) is 13.9 Å². The number of nitrogens with one attached hydrogen (secondary N) is 1. The fourth-order valence-corrected chi connectivity index (χ4v) is 6.09.